The molecule has 1 aliphatic rings. The molecular weight excluding hydrogens is 294 g/mol. The number of aromatic nitrogens is 1. The van der Waals surface area contributed by atoms with Gasteiger partial charge >= 0.3 is 5.97 Å². The van der Waals surface area contributed by atoms with Crippen molar-refractivity contribution in [2.24, 2.45) is 0 Å². The van der Waals surface area contributed by atoms with E-state index < -0.39 is 11.5 Å². The molecule has 0 N–H and O–H groups in total. The van der Waals surface area contributed by atoms with E-state index in [1.165, 1.54) is 17.7 Å². The molecule has 118 valence electrons. The maximum absolute atomic E-state index is 12.7. The second-order valence-corrected chi connectivity index (χ2v) is 5.56. The van der Waals surface area contributed by atoms with E-state index in [4.69, 9.17) is 0 Å². The highest BCUT2D eigenvalue weighted by molar-refractivity contribution is 6.00. The molecule has 0 atom stereocenters. The molecule has 0 saturated carbocycles. The Kier molecular flexibility index (Phi) is 4.10. The summed E-state index contributed by atoms with van der Waals surface area (Å²) in [5.74, 6) is -0.740. The minimum Gasteiger partial charge on any atom is -0.465 e. The molecular formula is C18H17NO4. The summed E-state index contributed by atoms with van der Waals surface area (Å²) in [6.07, 6.45) is 1.82. The summed E-state index contributed by atoms with van der Waals surface area (Å²) < 4.78 is 6.22. The number of benzene rings is 1. The second-order valence-electron chi connectivity index (χ2n) is 5.56. The maximum Gasteiger partial charge on any atom is 0.343 e. The molecule has 0 amide bonds. The van der Waals surface area contributed by atoms with Gasteiger partial charge < -0.3 is 9.30 Å². The zero-order valence-corrected chi connectivity index (χ0v) is 12.9. The van der Waals surface area contributed by atoms with E-state index in [-0.39, 0.29) is 11.3 Å². The van der Waals surface area contributed by atoms with Crippen molar-refractivity contribution in [3.05, 3.63) is 69.1 Å². The topological polar surface area (TPSA) is 65.4 Å². The zero-order valence-electron chi connectivity index (χ0n) is 12.9. The van der Waals surface area contributed by atoms with Crippen molar-refractivity contribution < 1.29 is 14.3 Å². The lowest BCUT2D eigenvalue weighted by Crippen LogP contribution is -2.33. The molecule has 0 bridgehead atoms. The summed E-state index contributed by atoms with van der Waals surface area (Å²) in [4.78, 5) is 36.8. The lowest BCUT2D eigenvalue weighted by atomic mass is 9.93. The van der Waals surface area contributed by atoms with E-state index in [2.05, 4.69) is 4.74 Å². The van der Waals surface area contributed by atoms with Gasteiger partial charge in [-0.1, -0.05) is 30.3 Å². The smallest absolute Gasteiger partial charge is 0.343 e. The van der Waals surface area contributed by atoms with Crippen LogP contribution in [0.15, 0.2) is 41.2 Å². The maximum atomic E-state index is 12.7. The highest BCUT2D eigenvalue weighted by Crippen LogP contribution is 2.22. The molecule has 0 saturated heterocycles. The van der Waals surface area contributed by atoms with Gasteiger partial charge in [0.15, 0.2) is 5.78 Å². The van der Waals surface area contributed by atoms with Gasteiger partial charge in [0.25, 0.3) is 5.56 Å². The van der Waals surface area contributed by atoms with Gasteiger partial charge in [-0.25, -0.2) is 4.79 Å². The van der Waals surface area contributed by atoms with Crippen molar-refractivity contribution in [3.63, 3.8) is 0 Å². The molecule has 1 aromatic heterocycles. The Morgan fingerprint density at radius 3 is 2.61 bits per heavy atom. The number of methoxy groups -OCH3 is 1. The lowest BCUT2D eigenvalue weighted by molar-refractivity contribution is 0.0598. The number of Topliss-reactive ketones (excluding diaryl/α,β-unsaturated/α-hetero) is 1. The number of esters is 1. The van der Waals surface area contributed by atoms with Gasteiger partial charge in [-0.2, -0.15) is 0 Å². The Labute approximate surface area is 133 Å². The van der Waals surface area contributed by atoms with Gasteiger partial charge in [0.05, 0.1) is 13.7 Å². The Hall–Kier alpha value is -2.69. The van der Waals surface area contributed by atoms with E-state index >= 15 is 0 Å². The summed E-state index contributed by atoms with van der Waals surface area (Å²) in [6, 6.07) is 10.9. The van der Waals surface area contributed by atoms with Crippen LogP contribution in [0.25, 0.3) is 0 Å². The van der Waals surface area contributed by atoms with Gasteiger partial charge in [-0.05, 0) is 24.5 Å². The number of carbonyl (C=O) groups is 2. The first-order chi connectivity index (χ1) is 11.1. The van der Waals surface area contributed by atoms with E-state index in [0.717, 1.165) is 12.0 Å². The number of pyridine rings is 1. The number of nitrogens with zero attached hydrogens (tertiary/aromatic N) is 1. The molecule has 0 spiro atoms. The van der Waals surface area contributed by atoms with Crippen LogP contribution in [0.1, 0.15) is 44.8 Å². The fourth-order valence-electron chi connectivity index (χ4n) is 2.95. The van der Waals surface area contributed by atoms with Crippen LogP contribution < -0.4 is 5.56 Å². The summed E-state index contributed by atoms with van der Waals surface area (Å²) >= 11 is 0. The van der Waals surface area contributed by atoms with E-state index in [1.807, 2.05) is 30.3 Å². The van der Waals surface area contributed by atoms with E-state index in [1.54, 1.807) is 0 Å². The predicted octanol–water partition coefficient (Wildman–Crippen LogP) is 2.20. The number of ketones is 1. The third kappa shape index (κ3) is 2.82. The van der Waals surface area contributed by atoms with Crippen LogP contribution in [-0.2, 0) is 17.7 Å². The molecule has 2 aromatic rings. The number of hydrogen-bond acceptors (Lipinski definition) is 4. The molecule has 23 heavy (non-hydrogen) atoms. The fraction of sp³-hybridized carbons (Fsp3) is 0.278. The average molecular weight is 311 g/mol. The summed E-state index contributed by atoms with van der Waals surface area (Å²) in [7, 11) is 1.23. The van der Waals surface area contributed by atoms with Crippen LogP contribution >= 0.6 is 0 Å². The van der Waals surface area contributed by atoms with Gasteiger partial charge in [0, 0.05) is 17.7 Å². The molecule has 5 heteroatoms. The lowest BCUT2D eigenvalue weighted by Gasteiger charge is -2.21. The molecule has 3 rings (SSSR count). The van der Waals surface area contributed by atoms with Crippen molar-refractivity contribution in [1.29, 1.82) is 0 Å². The third-order valence-corrected chi connectivity index (χ3v) is 4.11. The fourth-order valence-corrected chi connectivity index (χ4v) is 2.95. The molecule has 0 radical (unpaired) electrons. The molecule has 1 aromatic carbocycles. The minimum absolute atomic E-state index is 0.0294. The van der Waals surface area contributed by atoms with Crippen LogP contribution in [0.5, 0.6) is 0 Å². The van der Waals surface area contributed by atoms with Crippen LogP contribution in [0.2, 0.25) is 0 Å². The van der Waals surface area contributed by atoms with Crippen molar-refractivity contribution in [2.75, 3.05) is 7.11 Å². The number of carbonyl (C=O) groups excluding carboxylic acids is 2. The second kappa shape index (κ2) is 6.20. The summed E-state index contributed by atoms with van der Waals surface area (Å²) in [6.45, 7) is 0.333. The van der Waals surface area contributed by atoms with Crippen LogP contribution in [-0.4, -0.2) is 23.4 Å². The highest BCUT2D eigenvalue weighted by Gasteiger charge is 2.25. The first kappa shape index (κ1) is 15.2. The Bertz CT molecular complexity index is 821. The molecule has 0 aliphatic heterocycles. The number of rotatable bonds is 3. The number of fused-ring (bicyclic) bond motifs is 1. The van der Waals surface area contributed by atoms with Crippen molar-refractivity contribution in [3.8, 4) is 0 Å². The van der Waals surface area contributed by atoms with Crippen LogP contribution in [0.4, 0.5) is 0 Å². The van der Waals surface area contributed by atoms with Crippen molar-refractivity contribution >= 4 is 11.8 Å². The van der Waals surface area contributed by atoms with Crippen molar-refractivity contribution in [1.82, 2.24) is 4.57 Å². The van der Waals surface area contributed by atoms with Gasteiger partial charge in [-0.15, -0.1) is 0 Å². The quantitative estimate of drug-likeness (QED) is 0.815. The SMILES string of the molecule is COC(=O)c1cc2c(n(Cc3ccccc3)c1=O)CCCC2=O. The first-order valence-electron chi connectivity index (χ1n) is 7.54. The largest absolute Gasteiger partial charge is 0.465 e. The minimum atomic E-state index is -0.710. The number of ether oxygens (including phenoxy) is 1. The first-order valence-corrected chi connectivity index (χ1v) is 7.54. The zero-order chi connectivity index (χ0) is 16.4. The Morgan fingerprint density at radius 2 is 1.91 bits per heavy atom. The molecule has 0 unspecified atom stereocenters. The van der Waals surface area contributed by atoms with Gasteiger partial charge in [-0.3, -0.25) is 9.59 Å². The predicted molar refractivity (Wildman–Crippen MR) is 84.9 cm³/mol. The summed E-state index contributed by atoms with van der Waals surface area (Å²) in [5, 5.41) is 0. The van der Waals surface area contributed by atoms with E-state index in [0.29, 0.717) is 30.6 Å². The molecule has 5 nitrogen and oxygen atoms in total. The summed E-state index contributed by atoms with van der Waals surface area (Å²) in [5.41, 5.74) is 1.62. The highest BCUT2D eigenvalue weighted by atomic mass is 16.5. The monoisotopic (exact) mass is 311 g/mol. The third-order valence-electron chi connectivity index (χ3n) is 4.11. The standard InChI is InChI=1S/C18H17NO4/c1-23-18(22)14-10-13-15(8-5-9-16(13)20)19(17(14)21)11-12-6-3-2-4-7-12/h2-4,6-7,10H,5,8-9,11H2,1H3. The Morgan fingerprint density at radius 1 is 1.17 bits per heavy atom. The van der Waals surface area contributed by atoms with Gasteiger partial charge in [0.1, 0.15) is 5.56 Å². The molecule has 1 heterocycles. The Balaban J connectivity index is 2.19. The van der Waals surface area contributed by atoms with Crippen LogP contribution in [0.3, 0.4) is 0 Å². The normalized spacial score (nSPS) is 13.5. The van der Waals surface area contributed by atoms with Gasteiger partial charge in [0.2, 0.25) is 0 Å². The average Bonchev–Trinajstić information content (AvgIpc) is 2.58. The molecule has 0 fully saturated rings. The number of hydrogen-bond donors (Lipinski definition) is 0. The van der Waals surface area contributed by atoms with Crippen molar-refractivity contribution in [2.45, 2.75) is 25.8 Å². The molecule has 1 aliphatic carbocycles. The van der Waals surface area contributed by atoms with Crippen LogP contribution in [0, 0.1) is 0 Å². The van der Waals surface area contributed by atoms with E-state index in [9.17, 15) is 14.4 Å².